The molecule has 2 fully saturated rings. The van der Waals surface area contributed by atoms with E-state index in [1.807, 2.05) is 0 Å². The molecule has 2 saturated heterocycles. The molecule has 43 heavy (non-hydrogen) atoms. The Hall–Kier alpha value is -1.87. The maximum absolute atomic E-state index is 14.0. The summed E-state index contributed by atoms with van der Waals surface area (Å²) in [5.74, 6) is 2.27. The summed E-state index contributed by atoms with van der Waals surface area (Å²) in [5, 5.41) is 57.6. The molecule has 0 spiro atoms. The van der Waals surface area contributed by atoms with E-state index >= 15 is 0 Å². The highest BCUT2D eigenvalue weighted by Crippen LogP contribution is 2.62. The highest BCUT2D eigenvalue weighted by atomic mass is 32.5. The Labute approximate surface area is 245 Å². The van der Waals surface area contributed by atoms with Crippen LogP contribution in [0.5, 0.6) is 0 Å². The van der Waals surface area contributed by atoms with E-state index in [0.29, 0.717) is 0 Å². The van der Waals surface area contributed by atoms with E-state index in [4.69, 9.17) is 47.8 Å². The summed E-state index contributed by atoms with van der Waals surface area (Å²) in [6.07, 6.45) is -10.7. The lowest BCUT2D eigenvalue weighted by Crippen LogP contribution is -2.60. The minimum atomic E-state index is -5.53. The van der Waals surface area contributed by atoms with Gasteiger partial charge in [0.05, 0.1) is 13.2 Å². The van der Waals surface area contributed by atoms with E-state index in [1.54, 1.807) is 0 Å². The molecule has 0 amide bonds. The van der Waals surface area contributed by atoms with Crippen LogP contribution in [0.15, 0.2) is 6.33 Å². The van der Waals surface area contributed by atoms with Gasteiger partial charge in [-0.3, -0.25) is 4.52 Å². The molecule has 2 aliphatic rings. The maximum atomic E-state index is 14.0. The first-order valence-electron chi connectivity index (χ1n) is 11.9. The summed E-state index contributed by atoms with van der Waals surface area (Å²) in [6.45, 7) is -6.75. The number of aliphatic hydroxyl groups is 5. The molecular weight excluding hydrogens is 649 g/mol. The molecule has 0 radical (unpaired) electrons. The minimum Gasteiger partial charge on any atom is -0.393 e. The number of anilines is 1. The van der Waals surface area contributed by atoms with Gasteiger partial charge in [-0.2, -0.15) is 4.68 Å². The number of hydrogen-bond donors (Lipinski definition) is 8. The number of nitrogen functional groups attached to an aromatic ring is 1. The fourth-order valence-corrected chi connectivity index (χ4v) is 7.44. The molecule has 0 bridgehead atoms. The maximum Gasteiger partial charge on any atom is 0.481 e. The Bertz CT molecular complexity index is 1450. The van der Waals surface area contributed by atoms with Crippen LogP contribution in [-0.2, 0) is 43.9 Å². The molecule has 240 valence electrons. The normalized spacial score (nSPS) is 36.6. The van der Waals surface area contributed by atoms with Gasteiger partial charge in [-0.15, -0.1) is 11.5 Å². The Morgan fingerprint density at radius 3 is 2.58 bits per heavy atom. The van der Waals surface area contributed by atoms with E-state index < -0.39 is 88.7 Å². The molecule has 20 nitrogen and oxygen atoms in total. The molecule has 2 aliphatic heterocycles. The zero-order valence-corrected chi connectivity index (χ0v) is 24.4. The molecule has 9 N–H and O–H groups in total. The number of aliphatic hydroxyl groups excluding tert-OH is 5. The molecule has 0 saturated carbocycles. The topological polar surface area (TPSA) is 297 Å². The number of nitrogens with zero attached hydrogens (tertiary/aromatic N) is 5. The lowest BCUT2D eigenvalue weighted by Gasteiger charge is -2.41. The average molecular weight is 676 g/mol. The number of aromatic nitrogens is 5. The Morgan fingerprint density at radius 2 is 1.95 bits per heavy atom. The van der Waals surface area contributed by atoms with Crippen molar-refractivity contribution < 1.29 is 71.8 Å². The summed E-state index contributed by atoms with van der Waals surface area (Å²) >= 11 is 4.75. The second-order valence-corrected chi connectivity index (χ2v) is 13.5. The Morgan fingerprint density at radius 1 is 1.26 bits per heavy atom. The summed E-state index contributed by atoms with van der Waals surface area (Å²) in [6, 6.07) is 0. The number of phosphoric acid groups is 1. The van der Waals surface area contributed by atoms with Gasteiger partial charge in [0.1, 0.15) is 43.0 Å². The third-order valence-electron chi connectivity index (χ3n) is 6.52. The molecule has 2 aromatic rings. The molecule has 0 aromatic carbocycles. The number of alkyl halides is 1. The molecule has 12 atom stereocenters. The lowest BCUT2D eigenvalue weighted by atomic mass is 9.95. The second-order valence-electron chi connectivity index (χ2n) is 9.14. The number of terminal acetylenes is 1. The number of ether oxygens (including phenoxy) is 3. The van der Waals surface area contributed by atoms with Gasteiger partial charge in [0.15, 0.2) is 35.7 Å². The number of rotatable bonds is 11. The lowest BCUT2D eigenvalue weighted by molar-refractivity contribution is -0.287. The van der Waals surface area contributed by atoms with Crippen LogP contribution in [-0.4, -0.2) is 135 Å². The van der Waals surface area contributed by atoms with Crippen LogP contribution in [0.25, 0.3) is 11.2 Å². The number of halogens is 1. The highest BCUT2D eigenvalue weighted by Gasteiger charge is 2.59. The number of hydrogen-bond acceptors (Lipinski definition) is 18. The van der Waals surface area contributed by atoms with Crippen molar-refractivity contribution in [2.24, 2.45) is 0 Å². The van der Waals surface area contributed by atoms with Gasteiger partial charge in [0.25, 0.3) is 0 Å². The van der Waals surface area contributed by atoms with Crippen molar-refractivity contribution in [3.63, 3.8) is 0 Å². The van der Waals surface area contributed by atoms with Crippen molar-refractivity contribution in [1.82, 2.24) is 25.0 Å². The third-order valence-corrected chi connectivity index (χ3v) is 10.0. The molecule has 0 aliphatic carbocycles. The zero-order chi connectivity index (χ0) is 31.9. The molecule has 24 heteroatoms. The molecule has 4 rings (SSSR count). The smallest absolute Gasteiger partial charge is 0.393 e. The predicted octanol–water partition coefficient (Wildman–Crippen LogP) is -3.41. The van der Waals surface area contributed by atoms with Crippen molar-refractivity contribution >= 4 is 43.3 Å². The largest absolute Gasteiger partial charge is 0.481 e. The monoisotopic (exact) mass is 676 g/mol. The van der Waals surface area contributed by atoms with Gasteiger partial charge in [0.2, 0.25) is 5.60 Å². The number of methoxy groups -OCH3 is 1. The number of fused-ring (bicyclic) bond motifs is 1. The summed E-state index contributed by atoms with van der Waals surface area (Å²) in [4.78, 5) is 28.4. The van der Waals surface area contributed by atoms with Gasteiger partial charge in [-0.25, -0.2) is 23.2 Å². The van der Waals surface area contributed by atoms with Gasteiger partial charge in [-0.1, -0.05) is 11.1 Å². The standard InChI is InChI=1S/C19H27FN6O14P2S/c1-3-19(35-2)14(31)8(37-18(19)26-16-9(24-25-26)15(21)22-6-23-16)5-36-42(34,43)40-41(32,33)39-17-12(30)10(28)11(29)13(38-17)7(20)4-27/h1,6-8,10-14,17-18,27-31H,4-5H2,2H3,(H,32,33)(H,34,43)(H2,21,22,23)/t7-,8+,10?,11?,12?,13?,14+,17?,18+,19+,42?/m0/s1. The van der Waals surface area contributed by atoms with Gasteiger partial charge in [-0.05, 0) is 11.8 Å². The first kappa shape index (κ1) is 34.0. The van der Waals surface area contributed by atoms with E-state index in [2.05, 4.69) is 35.0 Å². The average Bonchev–Trinajstić information content (AvgIpc) is 3.50. The summed E-state index contributed by atoms with van der Waals surface area (Å²) in [7, 11) is -4.37. The van der Waals surface area contributed by atoms with Crippen LogP contribution < -0.4 is 5.73 Å². The quantitative estimate of drug-likeness (QED) is 0.0849. The van der Waals surface area contributed by atoms with Crippen molar-refractivity contribution in [2.45, 2.75) is 60.9 Å². The van der Waals surface area contributed by atoms with E-state index in [-0.39, 0.29) is 17.0 Å². The third kappa shape index (κ3) is 6.58. The van der Waals surface area contributed by atoms with Crippen molar-refractivity contribution in [3.8, 4) is 12.3 Å². The van der Waals surface area contributed by atoms with E-state index in [1.165, 1.54) is 0 Å². The van der Waals surface area contributed by atoms with E-state index in [9.17, 15) is 39.2 Å². The van der Waals surface area contributed by atoms with Crippen LogP contribution in [0.1, 0.15) is 6.23 Å². The van der Waals surface area contributed by atoms with Gasteiger partial charge < -0.3 is 59.8 Å². The SMILES string of the molecule is C#C[C@@]1(OC)[C@H](O)[C@@H](COP(O)(=S)OP(=O)(O)OC2OC([C@@H](F)CO)C(O)C(O)C2O)O[C@H]1n1nnc2c(N)ncnc21. The fraction of sp³-hybridized carbons (Fsp3) is 0.684. The van der Waals surface area contributed by atoms with Crippen molar-refractivity contribution in [1.29, 1.82) is 0 Å². The van der Waals surface area contributed by atoms with Crippen LogP contribution in [0.4, 0.5) is 10.2 Å². The molecule has 2 aromatic heterocycles. The number of phosphoric ester groups is 1. The molecular formula is C19H27FN6O14P2S. The first-order chi connectivity index (χ1) is 20.1. The van der Waals surface area contributed by atoms with Crippen LogP contribution in [0, 0.1) is 12.3 Å². The fourth-order valence-electron chi connectivity index (χ4n) is 4.35. The van der Waals surface area contributed by atoms with Crippen molar-refractivity contribution in [2.75, 3.05) is 26.1 Å². The summed E-state index contributed by atoms with van der Waals surface area (Å²) in [5.41, 5.74) is 3.98. The van der Waals surface area contributed by atoms with Crippen LogP contribution in [0.3, 0.4) is 0 Å². The second kappa shape index (κ2) is 12.9. The Balaban J connectivity index is 1.46. The van der Waals surface area contributed by atoms with Crippen LogP contribution in [0.2, 0.25) is 0 Å². The van der Waals surface area contributed by atoms with Crippen LogP contribution >= 0.6 is 14.5 Å². The van der Waals surface area contributed by atoms with Crippen molar-refractivity contribution in [3.05, 3.63) is 6.33 Å². The predicted molar refractivity (Wildman–Crippen MR) is 139 cm³/mol. The van der Waals surface area contributed by atoms with E-state index in [0.717, 1.165) is 18.1 Å². The van der Waals surface area contributed by atoms with Gasteiger partial charge in [0, 0.05) is 7.11 Å². The summed E-state index contributed by atoms with van der Waals surface area (Å²) < 4.78 is 57.9. The number of nitrogens with two attached hydrogens (primary N) is 1. The Kier molecular flexibility index (Phi) is 10.2. The highest BCUT2D eigenvalue weighted by molar-refractivity contribution is 8.08. The zero-order valence-electron chi connectivity index (χ0n) is 21.7. The first-order valence-corrected chi connectivity index (χ1v) is 16.0. The molecule has 7 unspecified atom stereocenters. The van der Waals surface area contributed by atoms with Gasteiger partial charge >= 0.3 is 14.5 Å². The molecule has 4 heterocycles. The minimum absolute atomic E-state index is 0.0163.